The highest BCUT2D eigenvalue weighted by molar-refractivity contribution is 5.85. The topological polar surface area (TPSA) is 66.4 Å². The summed E-state index contributed by atoms with van der Waals surface area (Å²) >= 11 is 0. The third-order valence-electron chi connectivity index (χ3n) is 2.85. The molecule has 0 unspecified atom stereocenters. The van der Waals surface area contributed by atoms with Crippen LogP contribution in [0.2, 0.25) is 0 Å². The number of alkyl halides is 3. The molecule has 0 heterocycles. The number of hydrogen-bond donors (Lipinski definition) is 2. The fourth-order valence-corrected chi connectivity index (χ4v) is 1.39. The first kappa shape index (κ1) is 13.8. The molecule has 98 valence electrons. The highest BCUT2D eigenvalue weighted by Crippen LogP contribution is 2.49. The molecule has 0 saturated heterocycles. The third kappa shape index (κ3) is 2.89. The number of nitrogens with one attached hydrogen (secondary N) is 1. The standard InChI is InChI=1S/C10H14F3NO3/c1-8(2,7(16)17)5-6(15)14-9(3-4-9)10(11,12)13/h3-5H2,1-2H3,(H,14,15)(H,16,17). The van der Waals surface area contributed by atoms with Crippen molar-refractivity contribution >= 4 is 11.9 Å². The molecule has 17 heavy (non-hydrogen) atoms. The summed E-state index contributed by atoms with van der Waals surface area (Å²) in [6, 6.07) is 0. The normalized spacial score (nSPS) is 18.6. The Hall–Kier alpha value is -1.27. The molecular weight excluding hydrogens is 239 g/mol. The summed E-state index contributed by atoms with van der Waals surface area (Å²) in [7, 11) is 0. The predicted octanol–water partition coefficient (Wildman–Crippen LogP) is 1.70. The molecule has 0 aromatic carbocycles. The molecule has 2 N–H and O–H groups in total. The van der Waals surface area contributed by atoms with E-state index in [0.717, 1.165) is 0 Å². The lowest BCUT2D eigenvalue weighted by atomic mass is 9.89. The van der Waals surface area contributed by atoms with E-state index >= 15 is 0 Å². The third-order valence-corrected chi connectivity index (χ3v) is 2.85. The van der Waals surface area contributed by atoms with Crippen LogP contribution < -0.4 is 5.32 Å². The number of carbonyl (C=O) groups excluding carboxylic acids is 1. The highest BCUT2D eigenvalue weighted by atomic mass is 19.4. The molecule has 0 aromatic heterocycles. The Balaban J connectivity index is 2.61. The van der Waals surface area contributed by atoms with Crippen molar-refractivity contribution in [1.29, 1.82) is 0 Å². The van der Waals surface area contributed by atoms with E-state index in [2.05, 4.69) is 0 Å². The fraction of sp³-hybridized carbons (Fsp3) is 0.800. The van der Waals surface area contributed by atoms with Crippen LogP contribution in [0.5, 0.6) is 0 Å². The number of aliphatic carboxylic acids is 1. The largest absolute Gasteiger partial charge is 0.481 e. The zero-order chi connectivity index (χ0) is 13.5. The monoisotopic (exact) mass is 253 g/mol. The summed E-state index contributed by atoms with van der Waals surface area (Å²) < 4.78 is 37.6. The molecule has 0 atom stereocenters. The van der Waals surface area contributed by atoms with Crippen LogP contribution in [0, 0.1) is 5.41 Å². The summed E-state index contributed by atoms with van der Waals surface area (Å²) in [4.78, 5) is 22.1. The lowest BCUT2D eigenvalue weighted by Crippen LogP contribution is -2.49. The van der Waals surface area contributed by atoms with Crippen LogP contribution in [-0.4, -0.2) is 28.7 Å². The van der Waals surface area contributed by atoms with Crippen molar-refractivity contribution in [3.05, 3.63) is 0 Å². The first-order valence-electron chi connectivity index (χ1n) is 5.11. The number of amides is 1. The number of halogens is 3. The second-order valence-corrected chi connectivity index (χ2v) is 4.99. The molecule has 4 nitrogen and oxygen atoms in total. The van der Waals surface area contributed by atoms with Gasteiger partial charge < -0.3 is 10.4 Å². The van der Waals surface area contributed by atoms with Crippen LogP contribution >= 0.6 is 0 Å². The van der Waals surface area contributed by atoms with Crippen LogP contribution in [0.3, 0.4) is 0 Å². The van der Waals surface area contributed by atoms with Crippen molar-refractivity contribution in [2.75, 3.05) is 0 Å². The number of rotatable bonds is 4. The molecular formula is C10H14F3NO3. The van der Waals surface area contributed by atoms with Crippen LogP contribution in [-0.2, 0) is 9.59 Å². The van der Waals surface area contributed by atoms with Crippen molar-refractivity contribution in [2.24, 2.45) is 5.41 Å². The van der Waals surface area contributed by atoms with Gasteiger partial charge >= 0.3 is 12.1 Å². The Morgan fingerprint density at radius 3 is 2.06 bits per heavy atom. The Kier molecular flexibility index (Phi) is 3.15. The number of hydrogen-bond acceptors (Lipinski definition) is 2. The maximum atomic E-state index is 12.5. The second-order valence-electron chi connectivity index (χ2n) is 4.99. The zero-order valence-electron chi connectivity index (χ0n) is 9.52. The van der Waals surface area contributed by atoms with Crippen molar-refractivity contribution in [1.82, 2.24) is 5.32 Å². The van der Waals surface area contributed by atoms with E-state index in [4.69, 9.17) is 5.11 Å². The van der Waals surface area contributed by atoms with Gasteiger partial charge in [0.15, 0.2) is 0 Å². The molecule has 0 radical (unpaired) electrons. The Morgan fingerprint density at radius 2 is 1.76 bits per heavy atom. The molecule has 1 saturated carbocycles. The van der Waals surface area contributed by atoms with Crippen LogP contribution in [0.25, 0.3) is 0 Å². The average Bonchev–Trinajstić information content (AvgIpc) is 2.82. The van der Waals surface area contributed by atoms with Crippen molar-refractivity contribution in [3.63, 3.8) is 0 Å². The Labute approximate surface area is 96.2 Å². The van der Waals surface area contributed by atoms with E-state index in [9.17, 15) is 22.8 Å². The molecule has 1 rings (SSSR count). The highest BCUT2D eigenvalue weighted by Gasteiger charge is 2.64. The molecule has 0 spiro atoms. The molecule has 0 aromatic rings. The van der Waals surface area contributed by atoms with Gasteiger partial charge in [-0.25, -0.2) is 0 Å². The van der Waals surface area contributed by atoms with E-state index in [0.29, 0.717) is 0 Å². The van der Waals surface area contributed by atoms with Gasteiger partial charge in [0.2, 0.25) is 5.91 Å². The number of carboxylic acids is 1. The SMILES string of the molecule is CC(C)(CC(=O)NC1(C(F)(F)F)CC1)C(=O)O. The summed E-state index contributed by atoms with van der Waals surface area (Å²) in [6.07, 6.45) is -5.23. The van der Waals surface area contributed by atoms with Gasteiger partial charge in [-0.05, 0) is 26.7 Å². The lowest BCUT2D eigenvalue weighted by Gasteiger charge is -2.23. The van der Waals surface area contributed by atoms with Crippen molar-refractivity contribution in [2.45, 2.75) is 44.8 Å². The minimum Gasteiger partial charge on any atom is -0.481 e. The predicted molar refractivity (Wildman–Crippen MR) is 52.2 cm³/mol. The summed E-state index contributed by atoms with van der Waals surface area (Å²) in [6.45, 7) is 2.59. The van der Waals surface area contributed by atoms with Gasteiger partial charge in [0.05, 0.1) is 5.41 Å². The van der Waals surface area contributed by atoms with Gasteiger partial charge in [-0.3, -0.25) is 9.59 Å². The number of carboxylic acid groups (broad SMARTS) is 1. The smallest absolute Gasteiger partial charge is 0.411 e. The van der Waals surface area contributed by atoms with Gasteiger partial charge in [0.25, 0.3) is 0 Å². The van der Waals surface area contributed by atoms with Gasteiger partial charge in [-0.15, -0.1) is 0 Å². The Morgan fingerprint density at radius 1 is 1.29 bits per heavy atom. The average molecular weight is 253 g/mol. The van der Waals surface area contributed by atoms with Crippen LogP contribution in [0.15, 0.2) is 0 Å². The summed E-state index contributed by atoms with van der Waals surface area (Å²) in [5.74, 6) is -2.10. The summed E-state index contributed by atoms with van der Waals surface area (Å²) in [5, 5.41) is 10.7. The fourth-order valence-electron chi connectivity index (χ4n) is 1.39. The van der Waals surface area contributed by atoms with Gasteiger partial charge in [-0.2, -0.15) is 13.2 Å². The van der Waals surface area contributed by atoms with E-state index in [1.165, 1.54) is 13.8 Å². The molecule has 7 heteroatoms. The van der Waals surface area contributed by atoms with Gasteiger partial charge in [0, 0.05) is 6.42 Å². The number of carbonyl (C=O) groups is 2. The maximum absolute atomic E-state index is 12.5. The zero-order valence-corrected chi connectivity index (χ0v) is 9.52. The molecule has 1 aliphatic rings. The quantitative estimate of drug-likeness (QED) is 0.801. The summed E-state index contributed by atoms with van der Waals surface area (Å²) in [5.41, 5.74) is -3.50. The molecule has 1 amide bonds. The van der Waals surface area contributed by atoms with E-state index < -0.39 is 35.4 Å². The van der Waals surface area contributed by atoms with Crippen molar-refractivity contribution in [3.8, 4) is 0 Å². The first-order chi connectivity index (χ1) is 7.50. The van der Waals surface area contributed by atoms with Crippen LogP contribution in [0.4, 0.5) is 13.2 Å². The van der Waals surface area contributed by atoms with E-state index in [-0.39, 0.29) is 12.8 Å². The van der Waals surface area contributed by atoms with Gasteiger partial charge in [0.1, 0.15) is 5.54 Å². The minimum absolute atomic E-state index is 0.143. The van der Waals surface area contributed by atoms with E-state index in [1.807, 2.05) is 5.32 Å². The van der Waals surface area contributed by atoms with Gasteiger partial charge in [-0.1, -0.05) is 0 Å². The maximum Gasteiger partial charge on any atom is 0.411 e. The van der Waals surface area contributed by atoms with Crippen LogP contribution in [0.1, 0.15) is 33.1 Å². The minimum atomic E-state index is -4.48. The van der Waals surface area contributed by atoms with Crippen molar-refractivity contribution < 1.29 is 27.9 Å². The molecule has 0 aliphatic heterocycles. The Bertz CT molecular complexity index is 345. The molecule has 1 aliphatic carbocycles. The van der Waals surface area contributed by atoms with E-state index in [1.54, 1.807) is 0 Å². The second kappa shape index (κ2) is 3.89. The first-order valence-corrected chi connectivity index (χ1v) is 5.11. The molecule has 0 bridgehead atoms. The molecule has 1 fully saturated rings. The lowest BCUT2D eigenvalue weighted by molar-refractivity contribution is -0.171.